The molecular weight excluding hydrogens is 380 g/mol. The van der Waals surface area contributed by atoms with Crippen molar-refractivity contribution in [2.75, 3.05) is 25.0 Å². The van der Waals surface area contributed by atoms with Crippen molar-refractivity contribution in [1.82, 2.24) is 4.90 Å². The molecule has 1 amide bonds. The number of rotatable bonds is 5. The van der Waals surface area contributed by atoms with Crippen LogP contribution in [0.25, 0.3) is 0 Å². The van der Waals surface area contributed by atoms with Gasteiger partial charge in [0.2, 0.25) is 5.91 Å². The number of fused-ring (bicyclic) bond motifs is 1. The molecule has 0 bridgehead atoms. The SMILES string of the molecule is CCN(C(=O)C(C)C)c1sc2c(c1C(=O)c1ccccc1Cl)CCN(C)C2. The zero-order chi connectivity index (χ0) is 19.7. The summed E-state index contributed by atoms with van der Waals surface area (Å²) >= 11 is 7.89. The van der Waals surface area contributed by atoms with E-state index in [1.54, 1.807) is 28.4 Å². The van der Waals surface area contributed by atoms with E-state index in [4.69, 9.17) is 11.6 Å². The number of hydrogen-bond donors (Lipinski definition) is 0. The monoisotopic (exact) mass is 404 g/mol. The van der Waals surface area contributed by atoms with Crippen molar-refractivity contribution >= 4 is 39.6 Å². The summed E-state index contributed by atoms with van der Waals surface area (Å²) in [5.41, 5.74) is 2.23. The van der Waals surface area contributed by atoms with Gasteiger partial charge in [-0.1, -0.05) is 37.6 Å². The number of likely N-dealkylation sites (N-methyl/N-ethyl adjacent to an activating group) is 1. The molecule has 0 saturated heterocycles. The van der Waals surface area contributed by atoms with Crippen LogP contribution in [0.4, 0.5) is 5.00 Å². The van der Waals surface area contributed by atoms with Crippen LogP contribution in [0, 0.1) is 5.92 Å². The molecule has 27 heavy (non-hydrogen) atoms. The Bertz CT molecular complexity index is 875. The molecule has 144 valence electrons. The highest BCUT2D eigenvalue weighted by Gasteiger charge is 2.32. The van der Waals surface area contributed by atoms with Crippen LogP contribution in [-0.2, 0) is 17.8 Å². The summed E-state index contributed by atoms with van der Waals surface area (Å²) in [6.45, 7) is 7.97. The van der Waals surface area contributed by atoms with Crippen LogP contribution in [0.3, 0.4) is 0 Å². The number of anilines is 1. The highest BCUT2D eigenvalue weighted by Crippen LogP contribution is 2.41. The summed E-state index contributed by atoms with van der Waals surface area (Å²) in [6, 6.07) is 7.13. The van der Waals surface area contributed by atoms with Gasteiger partial charge < -0.3 is 9.80 Å². The largest absolute Gasteiger partial charge is 0.303 e. The van der Waals surface area contributed by atoms with Gasteiger partial charge in [-0.05, 0) is 38.1 Å². The fourth-order valence-corrected chi connectivity index (χ4v) is 5.15. The normalized spacial score (nSPS) is 14.3. The van der Waals surface area contributed by atoms with Crippen molar-refractivity contribution in [2.24, 2.45) is 5.92 Å². The molecule has 6 heteroatoms. The molecule has 1 aromatic carbocycles. The van der Waals surface area contributed by atoms with Crippen LogP contribution in [0.15, 0.2) is 24.3 Å². The lowest BCUT2D eigenvalue weighted by Gasteiger charge is -2.24. The Kier molecular flexibility index (Phi) is 6.04. The summed E-state index contributed by atoms with van der Waals surface area (Å²) in [5.74, 6) is -0.180. The highest BCUT2D eigenvalue weighted by atomic mass is 35.5. The zero-order valence-electron chi connectivity index (χ0n) is 16.2. The summed E-state index contributed by atoms with van der Waals surface area (Å²) in [5, 5.41) is 1.21. The van der Waals surface area contributed by atoms with Crippen LogP contribution >= 0.6 is 22.9 Å². The lowest BCUT2D eigenvalue weighted by molar-refractivity contribution is -0.121. The molecule has 0 spiro atoms. The molecule has 1 aromatic heterocycles. The van der Waals surface area contributed by atoms with Crippen LogP contribution in [0.5, 0.6) is 0 Å². The van der Waals surface area contributed by atoms with Gasteiger partial charge in [0.25, 0.3) is 0 Å². The van der Waals surface area contributed by atoms with Crippen LogP contribution in [-0.4, -0.2) is 36.7 Å². The third-order valence-corrected chi connectivity index (χ3v) is 6.47. The first-order valence-electron chi connectivity index (χ1n) is 9.28. The van der Waals surface area contributed by atoms with Crippen molar-refractivity contribution in [3.63, 3.8) is 0 Å². The Morgan fingerprint density at radius 1 is 1.30 bits per heavy atom. The highest BCUT2D eigenvalue weighted by molar-refractivity contribution is 7.17. The van der Waals surface area contributed by atoms with Gasteiger partial charge in [0.05, 0.1) is 10.6 Å². The Hall–Kier alpha value is -1.69. The second-order valence-corrected chi connectivity index (χ2v) is 8.71. The van der Waals surface area contributed by atoms with Gasteiger partial charge in [0.1, 0.15) is 5.00 Å². The minimum Gasteiger partial charge on any atom is -0.303 e. The van der Waals surface area contributed by atoms with Crippen LogP contribution < -0.4 is 4.90 Å². The van der Waals surface area contributed by atoms with E-state index < -0.39 is 0 Å². The smallest absolute Gasteiger partial charge is 0.230 e. The molecule has 3 rings (SSSR count). The number of hydrogen-bond acceptors (Lipinski definition) is 4. The van der Waals surface area contributed by atoms with E-state index >= 15 is 0 Å². The molecule has 1 aliphatic rings. The molecule has 0 N–H and O–H groups in total. The van der Waals surface area contributed by atoms with E-state index in [1.165, 1.54) is 4.88 Å². The molecule has 2 heterocycles. The maximum Gasteiger partial charge on any atom is 0.230 e. The summed E-state index contributed by atoms with van der Waals surface area (Å²) in [4.78, 5) is 31.5. The van der Waals surface area contributed by atoms with Gasteiger partial charge in [-0.2, -0.15) is 0 Å². The average Bonchev–Trinajstić information content (AvgIpc) is 3.00. The van der Waals surface area contributed by atoms with Gasteiger partial charge >= 0.3 is 0 Å². The molecule has 0 radical (unpaired) electrons. The van der Waals surface area contributed by atoms with E-state index in [0.29, 0.717) is 22.7 Å². The number of thiophene rings is 1. The fourth-order valence-electron chi connectivity index (χ4n) is 3.43. The van der Waals surface area contributed by atoms with Crippen molar-refractivity contribution in [2.45, 2.75) is 33.7 Å². The maximum atomic E-state index is 13.5. The molecule has 0 unspecified atom stereocenters. The Balaban J connectivity index is 2.17. The lowest BCUT2D eigenvalue weighted by Crippen LogP contribution is -2.34. The second-order valence-electron chi connectivity index (χ2n) is 7.22. The number of nitrogens with zero attached hydrogens (tertiary/aromatic N) is 2. The first-order chi connectivity index (χ1) is 12.8. The first kappa shape index (κ1) is 20.1. The van der Waals surface area contributed by atoms with E-state index in [1.807, 2.05) is 32.9 Å². The van der Waals surface area contributed by atoms with Crippen LogP contribution in [0.2, 0.25) is 5.02 Å². The predicted octanol–water partition coefficient (Wildman–Crippen LogP) is 4.63. The number of ketones is 1. The van der Waals surface area contributed by atoms with Crippen molar-refractivity contribution < 1.29 is 9.59 Å². The quantitative estimate of drug-likeness (QED) is 0.682. The van der Waals surface area contributed by atoms with E-state index in [9.17, 15) is 9.59 Å². The molecular formula is C21H25ClN2O2S. The van der Waals surface area contributed by atoms with Crippen molar-refractivity contribution in [3.8, 4) is 0 Å². The van der Waals surface area contributed by atoms with E-state index in [-0.39, 0.29) is 17.6 Å². The number of carbonyl (C=O) groups excluding carboxylic acids is 2. The third-order valence-electron chi connectivity index (χ3n) is 4.90. The average molecular weight is 405 g/mol. The number of halogens is 1. The van der Waals surface area contributed by atoms with Crippen LogP contribution in [0.1, 0.15) is 47.1 Å². The number of benzene rings is 1. The molecule has 4 nitrogen and oxygen atoms in total. The molecule has 0 fully saturated rings. The summed E-state index contributed by atoms with van der Waals surface area (Å²) in [7, 11) is 2.08. The van der Waals surface area contributed by atoms with E-state index in [2.05, 4.69) is 11.9 Å². The van der Waals surface area contributed by atoms with Gasteiger partial charge in [0.15, 0.2) is 5.78 Å². The standard InChI is InChI=1S/C21H25ClN2O2S/c1-5-24(20(26)13(2)3)21-18(15-10-11-23(4)12-17(15)27-21)19(25)14-8-6-7-9-16(14)22/h6-9,13H,5,10-12H2,1-4H3. The fraction of sp³-hybridized carbons (Fsp3) is 0.429. The Morgan fingerprint density at radius 2 is 2.00 bits per heavy atom. The van der Waals surface area contributed by atoms with Crippen molar-refractivity contribution in [3.05, 3.63) is 50.9 Å². The zero-order valence-corrected chi connectivity index (χ0v) is 17.8. The minimum atomic E-state index is -0.130. The molecule has 0 aliphatic carbocycles. The molecule has 1 aliphatic heterocycles. The molecule has 0 atom stereocenters. The maximum absolute atomic E-state index is 13.5. The number of amides is 1. The predicted molar refractivity (Wildman–Crippen MR) is 112 cm³/mol. The van der Waals surface area contributed by atoms with E-state index in [0.717, 1.165) is 30.1 Å². The second kappa shape index (κ2) is 8.13. The molecule has 2 aromatic rings. The minimum absolute atomic E-state index is 0.0395. The first-order valence-corrected chi connectivity index (χ1v) is 10.5. The Morgan fingerprint density at radius 3 is 2.63 bits per heavy atom. The Labute approximate surface area is 169 Å². The van der Waals surface area contributed by atoms with Gasteiger partial charge in [0, 0.05) is 36.0 Å². The van der Waals surface area contributed by atoms with Gasteiger partial charge in [-0.3, -0.25) is 9.59 Å². The molecule has 0 saturated carbocycles. The topological polar surface area (TPSA) is 40.6 Å². The van der Waals surface area contributed by atoms with Gasteiger partial charge in [-0.25, -0.2) is 0 Å². The summed E-state index contributed by atoms with van der Waals surface area (Å²) in [6.07, 6.45) is 0.807. The van der Waals surface area contributed by atoms with Crippen molar-refractivity contribution in [1.29, 1.82) is 0 Å². The summed E-state index contributed by atoms with van der Waals surface area (Å²) < 4.78 is 0. The third kappa shape index (κ3) is 3.82. The number of carbonyl (C=O) groups is 2. The lowest BCUT2D eigenvalue weighted by atomic mass is 9.96. The van der Waals surface area contributed by atoms with Gasteiger partial charge in [-0.15, -0.1) is 11.3 Å².